The van der Waals surface area contributed by atoms with Gasteiger partial charge in [-0.15, -0.1) is 59.3 Å². The largest absolute Gasteiger partial charge is 0.512 e. The van der Waals surface area contributed by atoms with Crippen LogP contribution in [0, 0.1) is 24.0 Å². The van der Waals surface area contributed by atoms with Crippen molar-refractivity contribution in [3.8, 4) is 22.5 Å². The van der Waals surface area contributed by atoms with Crippen molar-refractivity contribution in [2.75, 3.05) is 0 Å². The van der Waals surface area contributed by atoms with E-state index < -0.39 is 0 Å². The number of aliphatic hydroxyl groups excluding tert-OH is 1. The number of ketones is 1. The van der Waals surface area contributed by atoms with Gasteiger partial charge >= 0.3 is 0 Å². The molecule has 0 aliphatic carbocycles. The van der Waals surface area contributed by atoms with Crippen molar-refractivity contribution >= 4 is 49.3 Å². The van der Waals surface area contributed by atoms with Gasteiger partial charge in [0.15, 0.2) is 5.78 Å². The molecule has 54 heavy (non-hydrogen) atoms. The smallest absolute Gasteiger partial charge is 0.162 e. The molecule has 7 heteroatoms. The molecule has 0 amide bonds. The first-order valence-electron chi connectivity index (χ1n) is 18.4. The molecule has 1 radical (unpaired) electrons. The summed E-state index contributed by atoms with van der Waals surface area (Å²) < 4.78 is 10.8. The third-order valence-electron chi connectivity index (χ3n) is 9.67. The van der Waals surface area contributed by atoms with E-state index >= 15 is 0 Å². The molecule has 4 heterocycles. The molecular weight excluding hydrogens is 849 g/mol. The van der Waals surface area contributed by atoms with Gasteiger partial charge in [0.05, 0.1) is 18.3 Å². The Bertz CT molecular complexity index is 2320. The predicted octanol–water partition coefficient (Wildman–Crippen LogP) is 12.8. The van der Waals surface area contributed by atoms with Crippen molar-refractivity contribution in [2.45, 2.75) is 53.4 Å². The zero-order valence-electron chi connectivity index (χ0n) is 31.0. The average Bonchev–Trinajstić information content (AvgIpc) is 3.89. The van der Waals surface area contributed by atoms with Crippen LogP contribution in [-0.4, -0.2) is 20.9 Å². The summed E-state index contributed by atoms with van der Waals surface area (Å²) in [4.78, 5) is 20.6. The van der Waals surface area contributed by atoms with Crippen LogP contribution in [-0.2, 0) is 24.9 Å². The fourth-order valence-electron chi connectivity index (χ4n) is 6.51. The molecule has 8 rings (SSSR count). The first-order chi connectivity index (χ1) is 25.9. The van der Waals surface area contributed by atoms with E-state index in [0.717, 1.165) is 80.9 Å². The van der Waals surface area contributed by atoms with Crippen LogP contribution in [0.4, 0.5) is 0 Å². The number of pyridine rings is 2. The molecule has 0 fully saturated rings. The number of hydrogen-bond acceptors (Lipinski definition) is 6. The van der Waals surface area contributed by atoms with Crippen LogP contribution in [0.25, 0.3) is 66.0 Å². The fraction of sp³-hybridized carbons (Fsp3) is 0.213. The molecule has 0 aliphatic rings. The third-order valence-corrected chi connectivity index (χ3v) is 9.67. The second-order valence-electron chi connectivity index (χ2n) is 12.9. The Hall–Kier alpha value is -5.36. The van der Waals surface area contributed by atoms with Crippen LogP contribution in [0.2, 0.25) is 0 Å². The van der Waals surface area contributed by atoms with Gasteiger partial charge in [0, 0.05) is 72.6 Å². The van der Waals surface area contributed by atoms with Gasteiger partial charge in [0.1, 0.15) is 11.2 Å². The standard InChI is InChI=1S/2C17H10NO.C13H24O2.Ir/c2*1-2-4-13-11-14(6-5-12(13)3-1)17-15-8-10-19-16(15)7-9-18-17;1-5-10(6-2)12(14)9-13(15)11(7-3)8-4;/h2*1-10H;9-11,14H,5-8H2,1-4H3;/q2*-1;;/b;;12-9-;. The van der Waals surface area contributed by atoms with Crippen LogP contribution in [0.15, 0.2) is 143 Å². The Morgan fingerprint density at radius 3 is 1.52 bits per heavy atom. The number of benzene rings is 4. The maximum atomic E-state index is 11.7. The van der Waals surface area contributed by atoms with Gasteiger partial charge in [-0.25, -0.2) is 0 Å². The second-order valence-corrected chi connectivity index (χ2v) is 12.9. The van der Waals surface area contributed by atoms with Gasteiger partial charge in [-0.2, -0.15) is 0 Å². The number of rotatable bonds is 9. The Kier molecular flexibility index (Phi) is 14.1. The van der Waals surface area contributed by atoms with Crippen LogP contribution in [0.5, 0.6) is 0 Å². The summed E-state index contributed by atoms with van der Waals surface area (Å²) in [5, 5.41) is 16.4. The van der Waals surface area contributed by atoms with E-state index in [1.807, 2.05) is 76.2 Å². The van der Waals surface area contributed by atoms with Crippen molar-refractivity contribution in [3.63, 3.8) is 0 Å². The predicted molar refractivity (Wildman–Crippen MR) is 215 cm³/mol. The first kappa shape index (κ1) is 39.8. The Morgan fingerprint density at radius 1 is 0.630 bits per heavy atom. The normalized spacial score (nSPS) is 11.3. The van der Waals surface area contributed by atoms with Crippen LogP contribution < -0.4 is 0 Å². The minimum absolute atomic E-state index is 0. The molecule has 4 aromatic carbocycles. The van der Waals surface area contributed by atoms with E-state index in [1.165, 1.54) is 16.8 Å². The van der Waals surface area contributed by atoms with Crippen molar-refractivity contribution in [2.24, 2.45) is 11.8 Å². The Morgan fingerprint density at radius 2 is 1.07 bits per heavy atom. The van der Waals surface area contributed by atoms with E-state index in [0.29, 0.717) is 0 Å². The summed E-state index contributed by atoms with van der Waals surface area (Å²) in [7, 11) is 0. The monoisotopic (exact) mass is 893 g/mol. The van der Waals surface area contributed by atoms with E-state index in [-0.39, 0.29) is 43.5 Å². The number of hydrogen-bond donors (Lipinski definition) is 1. The fourth-order valence-corrected chi connectivity index (χ4v) is 6.51. The molecular formula is C47H44IrN2O4-2. The van der Waals surface area contributed by atoms with Crippen LogP contribution >= 0.6 is 0 Å². The second kappa shape index (κ2) is 19.1. The van der Waals surface area contributed by atoms with Gasteiger partial charge < -0.3 is 13.9 Å². The zero-order valence-corrected chi connectivity index (χ0v) is 33.4. The quantitative estimate of drug-likeness (QED) is 0.0882. The van der Waals surface area contributed by atoms with Crippen molar-refractivity contribution in [3.05, 3.63) is 146 Å². The molecule has 0 saturated heterocycles. The number of carbonyl (C=O) groups excluding carboxylic acids is 1. The molecule has 4 aromatic heterocycles. The van der Waals surface area contributed by atoms with Crippen molar-refractivity contribution < 1.29 is 38.8 Å². The molecule has 0 bridgehead atoms. The number of allylic oxidation sites excluding steroid dienone is 2. The maximum absolute atomic E-state index is 11.7. The number of fused-ring (bicyclic) bond motifs is 4. The minimum atomic E-state index is 0. The van der Waals surface area contributed by atoms with E-state index in [1.54, 1.807) is 24.9 Å². The van der Waals surface area contributed by atoms with Crippen LogP contribution in [0.3, 0.4) is 0 Å². The molecule has 8 aromatic rings. The molecule has 0 atom stereocenters. The Balaban J connectivity index is 0.000000156. The summed E-state index contributed by atoms with van der Waals surface area (Å²) in [6, 6.07) is 39.2. The number of furan rings is 2. The molecule has 277 valence electrons. The molecule has 0 unspecified atom stereocenters. The third kappa shape index (κ3) is 9.22. The van der Waals surface area contributed by atoms with Gasteiger partial charge in [-0.1, -0.05) is 86.0 Å². The molecule has 0 spiro atoms. The molecule has 6 nitrogen and oxygen atoms in total. The molecule has 1 N–H and O–H groups in total. The summed E-state index contributed by atoms with van der Waals surface area (Å²) in [6.07, 6.45) is 11.8. The number of carbonyl (C=O) groups is 1. The molecule has 0 saturated carbocycles. The minimum Gasteiger partial charge on any atom is -0.512 e. The topological polar surface area (TPSA) is 89.4 Å². The summed E-state index contributed by atoms with van der Waals surface area (Å²) in [5.74, 6) is 0.547. The average molecular weight is 893 g/mol. The van der Waals surface area contributed by atoms with Gasteiger partial charge in [-0.05, 0) is 49.9 Å². The SMILES string of the molecule is CCC(CC)C(=O)/C=C(\O)C(CC)CC.[Ir].[c-]1c(-c2nccc3occc23)ccc2ccccc12.[c-]1c(-c2nccc3occc23)ccc2ccccc12. The Labute approximate surface area is 330 Å². The van der Waals surface area contributed by atoms with Crippen LogP contribution in [0.1, 0.15) is 53.4 Å². The van der Waals surface area contributed by atoms with E-state index in [9.17, 15) is 9.90 Å². The van der Waals surface area contributed by atoms with E-state index in [2.05, 4.69) is 70.6 Å². The van der Waals surface area contributed by atoms with Gasteiger partial charge in [0.25, 0.3) is 0 Å². The zero-order chi connectivity index (χ0) is 37.2. The number of aliphatic hydroxyl groups is 1. The van der Waals surface area contributed by atoms with Gasteiger partial charge in [-0.3, -0.25) is 14.8 Å². The summed E-state index contributed by atoms with van der Waals surface area (Å²) >= 11 is 0. The number of nitrogens with zero attached hydrogens (tertiary/aromatic N) is 2. The van der Waals surface area contributed by atoms with Crippen molar-refractivity contribution in [1.29, 1.82) is 0 Å². The maximum Gasteiger partial charge on any atom is 0.162 e. The van der Waals surface area contributed by atoms with E-state index in [4.69, 9.17) is 8.83 Å². The summed E-state index contributed by atoms with van der Waals surface area (Å²) in [5.41, 5.74) is 5.52. The first-order valence-corrected chi connectivity index (χ1v) is 18.4. The van der Waals surface area contributed by atoms with Gasteiger partial charge in [0.2, 0.25) is 0 Å². The summed E-state index contributed by atoms with van der Waals surface area (Å²) in [6.45, 7) is 8.07. The number of aromatic nitrogens is 2. The molecule has 0 aliphatic heterocycles. The van der Waals surface area contributed by atoms with Crippen molar-refractivity contribution in [1.82, 2.24) is 9.97 Å².